The average molecular weight is 314 g/mol. The van der Waals surface area contributed by atoms with Crippen molar-refractivity contribution in [2.24, 2.45) is 5.41 Å². The second-order valence-electron chi connectivity index (χ2n) is 5.18. The van der Waals surface area contributed by atoms with Crippen LogP contribution in [0.15, 0.2) is 22.7 Å². The van der Waals surface area contributed by atoms with Crippen molar-refractivity contribution in [1.29, 1.82) is 0 Å². The van der Waals surface area contributed by atoms with Crippen LogP contribution in [0.3, 0.4) is 0 Å². The molecule has 0 aromatic heterocycles. The molecule has 98 valence electrons. The predicted molar refractivity (Wildman–Crippen MR) is 73.6 cm³/mol. The number of Topliss-reactive ketones (excluding diaryl/α,β-unsaturated/α-hetero) is 1. The first-order valence-electron chi connectivity index (χ1n) is 5.68. The quantitative estimate of drug-likeness (QED) is 0.625. The maximum Gasteiger partial charge on any atom is 0.283 e. The molecule has 0 bridgehead atoms. The van der Waals surface area contributed by atoms with Crippen LogP contribution in [0.5, 0.6) is 0 Å². The number of nitrogens with zero attached hydrogens (tertiary/aromatic N) is 1. The summed E-state index contributed by atoms with van der Waals surface area (Å²) in [7, 11) is 0. The Kier molecular flexibility index (Phi) is 4.62. The zero-order valence-corrected chi connectivity index (χ0v) is 12.3. The van der Waals surface area contributed by atoms with Crippen LogP contribution in [0.2, 0.25) is 0 Å². The minimum atomic E-state index is -0.431. The summed E-state index contributed by atoms with van der Waals surface area (Å²) in [4.78, 5) is 22.2. The molecule has 0 unspecified atom stereocenters. The summed E-state index contributed by atoms with van der Waals surface area (Å²) < 4.78 is 0.469. The first-order chi connectivity index (χ1) is 8.23. The molecule has 1 rings (SSSR count). The minimum Gasteiger partial charge on any atom is -0.299 e. The van der Waals surface area contributed by atoms with Gasteiger partial charge in [0.2, 0.25) is 0 Å². The molecular weight excluding hydrogens is 298 g/mol. The Hall–Kier alpha value is -1.23. The fraction of sp³-hybridized carbons (Fsp3) is 0.462. The van der Waals surface area contributed by atoms with Crippen LogP contribution in [0.4, 0.5) is 5.69 Å². The van der Waals surface area contributed by atoms with Gasteiger partial charge in [-0.25, -0.2) is 0 Å². The van der Waals surface area contributed by atoms with Gasteiger partial charge in [0.05, 0.1) is 9.40 Å². The molecule has 5 heteroatoms. The summed E-state index contributed by atoms with van der Waals surface area (Å²) in [5.41, 5.74) is 0.463. The van der Waals surface area contributed by atoms with Crippen LogP contribution in [-0.2, 0) is 11.2 Å². The van der Waals surface area contributed by atoms with Crippen LogP contribution >= 0.6 is 15.9 Å². The number of hydrogen-bond donors (Lipinski definition) is 0. The van der Waals surface area contributed by atoms with Crippen LogP contribution in [0, 0.1) is 15.5 Å². The molecule has 0 N–H and O–H groups in total. The van der Waals surface area contributed by atoms with Crippen molar-refractivity contribution < 1.29 is 9.72 Å². The van der Waals surface area contributed by atoms with Gasteiger partial charge in [0.1, 0.15) is 5.78 Å². The van der Waals surface area contributed by atoms with Gasteiger partial charge in [-0.3, -0.25) is 14.9 Å². The fourth-order valence-electron chi connectivity index (χ4n) is 1.52. The van der Waals surface area contributed by atoms with Gasteiger partial charge in [-0.2, -0.15) is 0 Å². The highest BCUT2D eigenvalue weighted by molar-refractivity contribution is 9.10. The number of benzene rings is 1. The molecule has 0 saturated carbocycles. The standard InChI is InChI=1S/C13H16BrNO3/c1-13(2,3)11(16)8-7-9-5-4-6-10(12(9)14)15(17)18/h4-6H,7-8H2,1-3H3. The average Bonchev–Trinajstić information content (AvgIpc) is 2.25. The number of carbonyl (C=O) groups excluding carboxylic acids is 1. The fourth-order valence-corrected chi connectivity index (χ4v) is 2.13. The third kappa shape index (κ3) is 3.63. The molecule has 0 amide bonds. The lowest BCUT2D eigenvalue weighted by Gasteiger charge is -2.16. The van der Waals surface area contributed by atoms with E-state index in [4.69, 9.17) is 0 Å². The molecule has 0 radical (unpaired) electrons. The van der Waals surface area contributed by atoms with Crippen molar-refractivity contribution >= 4 is 27.4 Å². The number of nitro benzene ring substituents is 1. The van der Waals surface area contributed by atoms with Crippen molar-refractivity contribution in [2.45, 2.75) is 33.6 Å². The van der Waals surface area contributed by atoms with Crippen LogP contribution < -0.4 is 0 Å². The van der Waals surface area contributed by atoms with E-state index in [1.165, 1.54) is 6.07 Å². The summed E-state index contributed by atoms with van der Waals surface area (Å²) in [6, 6.07) is 4.88. The number of hydrogen-bond acceptors (Lipinski definition) is 3. The van der Waals surface area contributed by atoms with Gasteiger partial charge in [-0.05, 0) is 27.9 Å². The highest BCUT2D eigenvalue weighted by Crippen LogP contribution is 2.29. The van der Waals surface area contributed by atoms with E-state index in [0.717, 1.165) is 5.56 Å². The van der Waals surface area contributed by atoms with Crippen molar-refractivity contribution in [2.75, 3.05) is 0 Å². The third-order valence-electron chi connectivity index (χ3n) is 2.71. The molecule has 18 heavy (non-hydrogen) atoms. The molecule has 0 aliphatic heterocycles. The van der Waals surface area contributed by atoms with Gasteiger partial charge in [-0.1, -0.05) is 32.9 Å². The molecule has 4 nitrogen and oxygen atoms in total. The zero-order chi connectivity index (χ0) is 13.9. The number of rotatable bonds is 4. The monoisotopic (exact) mass is 313 g/mol. The first-order valence-corrected chi connectivity index (χ1v) is 6.48. The number of ketones is 1. The van der Waals surface area contributed by atoms with E-state index in [-0.39, 0.29) is 16.9 Å². The van der Waals surface area contributed by atoms with Crippen molar-refractivity contribution in [3.8, 4) is 0 Å². The summed E-state index contributed by atoms with van der Waals surface area (Å²) in [6.07, 6.45) is 0.904. The second kappa shape index (κ2) is 5.61. The Labute approximate surface area is 115 Å². The van der Waals surface area contributed by atoms with Crippen LogP contribution in [-0.4, -0.2) is 10.7 Å². The number of aryl methyl sites for hydroxylation is 1. The van der Waals surface area contributed by atoms with Crippen molar-refractivity contribution in [1.82, 2.24) is 0 Å². The highest BCUT2D eigenvalue weighted by Gasteiger charge is 2.22. The molecule has 0 saturated heterocycles. The molecule has 0 spiro atoms. The lowest BCUT2D eigenvalue weighted by molar-refractivity contribution is -0.385. The van der Waals surface area contributed by atoms with Crippen molar-refractivity contribution in [3.63, 3.8) is 0 Å². The molecule has 0 fully saturated rings. The molecule has 1 aromatic rings. The lowest BCUT2D eigenvalue weighted by Crippen LogP contribution is -2.20. The van der Waals surface area contributed by atoms with Gasteiger partial charge in [0, 0.05) is 17.9 Å². The molecule has 1 aromatic carbocycles. The Morgan fingerprint density at radius 2 is 2.00 bits per heavy atom. The molecular formula is C13H16BrNO3. The van der Waals surface area contributed by atoms with E-state index in [2.05, 4.69) is 15.9 Å². The number of nitro groups is 1. The van der Waals surface area contributed by atoms with E-state index in [0.29, 0.717) is 17.3 Å². The van der Waals surface area contributed by atoms with Gasteiger partial charge < -0.3 is 0 Å². The van der Waals surface area contributed by atoms with Gasteiger partial charge >= 0.3 is 0 Å². The van der Waals surface area contributed by atoms with E-state index in [1.807, 2.05) is 20.8 Å². The van der Waals surface area contributed by atoms with E-state index >= 15 is 0 Å². The summed E-state index contributed by atoms with van der Waals surface area (Å²) >= 11 is 3.23. The maximum atomic E-state index is 11.8. The summed E-state index contributed by atoms with van der Waals surface area (Å²) in [5, 5.41) is 10.8. The highest BCUT2D eigenvalue weighted by atomic mass is 79.9. The first kappa shape index (κ1) is 14.8. The minimum absolute atomic E-state index is 0.0377. The van der Waals surface area contributed by atoms with Gasteiger partial charge in [0.15, 0.2) is 0 Å². The van der Waals surface area contributed by atoms with Gasteiger partial charge in [0.25, 0.3) is 5.69 Å². The summed E-state index contributed by atoms with van der Waals surface area (Å²) in [5.74, 6) is 0.154. The Morgan fingerprint density at radius 1 is 1.39 bits per heavy atom. The maximum absolute atomic E-state index is 11.8. The van der Waals surface area contributed by atoms with Gasteiger partial charge in [-0.15, -0.1) is 0 Å². The zero-order valence-electron chi connectivity index (χ0n) is 10.7. The van der Waals surface area contributed by atoms with E-state index < -0.39 is 4.92 Å². The van der Waals surface area contributed by atoms with Crippen LogP contribution in [0.1, 0.15) is 32.8 Å². The summed E-state index contributed by atoms with van der Waals surface area (Å²) in [6.45, 7) is 5.62. The second-order valence-corrected chi connectivity index (χ2v) is 5.97. The largest absolute Gasteiger partial charge is 0.299 e. The Morgan fingerprint density at radius 3 is 2.50 bits per heavy atom. The normalized spacial score (nSPS) is 11.3. The van der Waals surface area contributed by atoms with Crippen LogP contribution in [0.25, 0.3) is 0 Å². The SMILES string of the molecule is CC(C)(C)C(=O)CCc1cccc([N+](=O)[O-])c1Br. The topological polar surface area (TPSA) is 60.2 Å². The van der Waals surface area contributed by atoms with E-state index in [1.54, 1.807) is 12.1 Å². The van der Waals surface area contributed by atoms with Crippen molar-refractivity contribution in [3.05, 3.63) is 38.3 Å². The Bertz CT molecular complexity index is 478. The molecule has 0 atom stereocenters. The number of carbonyl (C=O) groups is 1. The predicted octanol–water partition coefficient (Wildman–Crippen LogP) is 3.91. The van der Waals surface area contributed by atoms with E-state index in [9.17, 15) is 14.9 Å². The molecule has 0 aliphatic rings. The lowest BCUT2D eigenvalue weighted by atomic mass is 9.87. The smallest absolute Gasteiger partial charge is 0.283 e. The Balaban J connectivity index is 2.84. The number of halogens is 1. The molecule has 0 aliphatic carbocycles. The third-order valence-corrected chi connectivity index (χ3v) is 3.63. The molecule has 0 heterocycles.